The van der Waals surface area contributed by atoms with Crippen LogP contribution in [0.4, 0.5) is 0 Å². The molecular weight excluding hydrogens is 216 g/mol. The number of amides is 1. The molecule has 1 aromatic carbocycles. The minimum Gasteiger partial charge on any atom is -0.497 e. The van der Waals surface area contributed by atoms with Crippen molar-refractivity contribution in [2.45, 2.75) is 13.5 Å². The number of ether oxygens (including phenoxy) is 1. The second-order valence-electron chi connectivity index (χ2n) is 3.92. The molecule has 2 rings (SSSR count). The topological polar surface area (TPSA) is 43.3 Å². The molecule has 4 nitrogen and oxygen atoms in total. The van der Waals surface area contributed by atoms with Gasteiger partial charge in [-0.3, -0.25) is 4.79 Å². The Bertz CT molecular complexity index is 531. The average Bonchev–Trinajstić information content (AvgIpc) is 2.71. The Morgan fingerprint density at radius 3 is 2.94 bits per heavy atom. The highest BCUT2D eigenvalue weighted by atomic mass is 16.5. The fourth-order valence-electron chi connectivity index (χ4n) is 1.84. The van der Waals surface area contributed by atoms with Gasteiger partial charge in [0.05, 0.1) is 12.6 Å². The van der Waals surface area contributed by atoms with E-state index in [0.29, 0.717) is 6.54 Å². The standard InChI is InChI=1S/C13H16N2O2/c1-10(16)14-6-8-15-7-5-11-3-4-12(17-2)9-13(11)15/h3-5,7,9H,6,8H2,1-2H3,(H,14,16). The van der Waals surface area contributed by atoms with E-state index in [4.69, 9.17) is 4.74 Å². The summed E-state index contributed by atoms with van der Waals surface area (Å²) in [6.45, 7) is 2.92. The number of methoxy groups -OCH3 is 1. The molecule has 0 unspecified atom stereocenters. The highest BCUT2D eigenvalue weighted by Crippen LogP contribution is 2.21. The Kier molecular flexibility index (Phi) is 3.32. The number of fused-ring (bicyclic) bond motifs is 1. The Balaban J connectivity index is 2.19. The number of nitrogens with one attached hydrogen (secondary N) is 1. The number of carbonyl (C=O) groups is 1. The van der Waals surface area contributed by atoms with Crippen LogP contribution in [-0.4, -0.2) is 24.1 Å². The van der Waals surface area contributed by atoms with E-state index in [2.05, 4.69) is 16.0 Å². The van der Waals surface area contributed by atoms with Crippen LogP contribution in [0.5, 0.6) is 5.75 Å². The van der Waals surface area contributed by atoms with Gasteiger partial charge in [0.15, 0.2) is 0 Å². The Hall–Kier alpha value is -1.97. The quantitative estimate of drug-likeness (QED) is 0.873. The Morgan fingerprint density at radius 1 is 1.41 bits per heavy atom. The zero-order chi connectivity index (χ0) is 12.3. The van der Waals surface area contributed by atoms with Crippen LogP contribution in [0.25, 0.3) is 10.9 Å². The average molecular weight is 232 g/mol. The van der Waals surface area contributed by atoms with Gasteiger partial charge < -0.3 is 14.6 Å². The molecule has 1 heterocycles. The van der Waals surface area contributed by atoms with Crippen molar-refractivity contribution < 1.29 is 9.53 Å². The number of hydrogen-bond acceptors (Lipinski definition) is 2. The summed E-state index contributed by atoms with van der Waals surface area (Å²) < 4.78 is 7.31. The molecule has 0 saturated heterocycles. The second kappa shape index (κ2) is 4.91. The zero-order valence-corrected chi connectivity index (χ0v) is 10.1. The summed E-state index contributed by atoms with van der Waals surface area (Å²) in [4.78, 5) is 10.8. The summed E-state index contributed by atoms with van der Waals surface area (Å²) in [5.41, 5.74) is 1.12. The van der Waals surface area contributed by atoms with Crippen LogP contribution in [0, 0.1) is 0 Å². The highest BCUT2D eigenvalue weighted by molar-refractivity contribution is 5.81. The predicted octanol–water partition coefficient (Wildman–Crippen LogP) is 1.79. The lowest BCUT2D eigenvalue weighted by molar-refractivity contribution is -0.118. The third-order valence-corrected chi connectivity index (χ3v) is 2.71. The molecule has 2 aromatic rings. The monoisotopic (exact) mass is 232 g/mol. The van der Waals surface area contributed by atoms with Crippen LogP contribution in [-0.2, 0) is 11.3 Å². The van der Waals surface area contributed by atoms with Gasteiger partial charge in [-0.25, -0.2) is 0 Å². The number of rotatable bonds is 4. The van der Waals surface area contributed by atoms with E-state index in [9.17, 15) is 4.79 Å². The first-order valence-corrected chi connectivity index (χ1v) is 5.58. The largest absolute Gasteiger partial charge is 0.497 e. The first-order chi connectivity index (χ1) is 8.20. The molecule has 0 spiro atoms. The summed E-state index contributed by atoms with van der Waals surface area (Å²) in [6.07, 6.45) is 2.02. The predicted molar refractivity (Wildman–Crippen MR) is 67.2 cm³/mol. The molecule has 0 atom stereocenters. The van der Waals surface area contributed by atoms with Crippen molar-refractivity contribution in [2.24, 2.45) is 0 Å². The lowest BCUT2D eigenvalue weighted by atomic mass is 10.2. The van der Waals surface area contributed by atoms with E-state index in [1.165, 1.54) is 12.3 Å². The number of hydrogen-bond donors (Lipinski definition) is 1. The van der Waals surface area contributed by atoms with Gasteiger partial charge in [0.2, 0.25) is 5.91 Å². The number of aromatic nitrogens is 1. The fourth-order valence-corrected chi connectivity index (χ4v) is 1.84. The number of benzene rings is 1. The third kappa shape index (κ3) is 2.58. The van der Waals surface area contributed by atoms with Gasteiger partial charge in [0, 0.05) is 32.3 Å². The van der Waals surface area contributed by atoms with E-state index in [1.54, 1.807) is 7.11 Å². The van der Waals surface area contributed by atoms with Gasteiger partial charge in [0.1, 0.15) is 5.75 Å². The lowest BCUT2D eigenvalue weighted by Gasteiger charge is -2.07. The molecule has 0 saturated carbocycles. The maximum absolute atomic E-state index is 10.8. The van der Waals surface area contributed by atoms with Gasteiger partial charge in [-0.1, -0.05) is 0 Å². The molecule has 1 N–H and O–H groups in total. The van der Waals surface area contributed by atoms with Crippen LogP contribution in [0.15, 0.2) is 30.5 Å². The zero-order valence-electron chi connectivity index (χ0n) is 10.1. The molecule has 1 amide bonds. The normalized spacial score (nSPS) is 10.5. The summed E-state index contributed by atoms with van der Waals surface area (Å²) in [6, 6.07) is 8.04. The molecule has 4 heteroatoms. The molecule has 0 radical (unpaired) electrons. The minimum atomic E-state index is -0.000887. The fraction of sp³-hybridized carbons (Fsp3) is 0.308. The second-order valence-corrected chi connectivity index (χ2v) is 3.92. The van der Waals surface area contributed by atoms with Gasteiger partial charge in [-0.2, -0.15) is 0 Å². The van der Waals surface area contributed by atoms with Crippen LogP contribution >= 0.6 is 0 Å². The first-order valence-electron chi connectivity index (χ1n) is 5.58. The molecule has 0 bridgehead atoms. The maximum atomic E-state index is 10.8. The van der Waals surface area contributed by atoms with Crippen LogP contribution in [0.1, 0.15) is 6.92 Å². The molecule has 17 heavy (non-hydrogen) atoms. The van der Waals surface area contributed by atoms with Crippen LogP contribution < -0.4 is 10.1 Å². The molecule has 0 aliphatic heterocycles. The molecular formula is C13H16N2O2. The summed E-state index contributed by atoms with van der Waals surface area (Å²) in [5.74, 6) is 0.844. The van der Waals surface area contributed by atoms with Crippen molar-refractivity contribution in [3.8, 4) is 5.75 Å². The Morgan fingerprint density at radius 2 is 2.24 bits per heavy atom. The van der Waals surface area contributed by atoms with E-state index >= 15 is 0 Å². The molecule has 0 fully saturated rings. The van der Waals surface area contributed by atoms with Gasteiger partial charge in [-0.05, 0) is 23.6 Å². The van der Waals surface area contributed by atoms with Gasteiger partial charge in [0.25, 0.3) is 0 Å². The Labute approximate surface area is 100 Å². The van der Waals surface area contributed by atoms with Crippen LogP contribution in [0.2, 0.25) is 0 Å². The van der Waals surface area contributed by atoms with E-state index < -0.39 is 0 Å². The van der Waals surface area contributed by atoms with Crippen molar-refractivity contribution in [3.63, 3.8) is 0 Å². The molecule has 0 aliphatic rings. The summed E-state index contributed by atoms with van der Waals surface area (Å²) in [7, 11) is 1.66. The van der Waals surface area contributed by atoms with Crippen molar-refractivity contribution >= 4 is 16.8 Å². The highest BCUT2D eigenvalue weighted by Gasteiger charge is 2.02. The van der Waals surface area contributed by atoms with Gasteiger partial charge in [-0.15, -0.1) is 0 Å². The minimum absolute atomic E-state index is 0.000887. The van der Waals surface area contributed by atoms with E-state index in [1.807, 2.05) is 24.4 Å². The molecule has 90 valence electrons. The lowest BCUT2D eigenvalue weighted by Crippen LogP contribution is -2.24. The SMILES string of the molecule is COc1ccc2ccn(CCNC(C)=O)c2c1. The van der Waals surface area contributed by atoms with E-state index in [-0.39, 0.29) is 5.91 Å². The third-order valence-electron chi connectivity index (χ3n) is 2.71. The van der Waals surface area contributed by atoms with E-state index in [0.717, 1.165) is 17.8 Å². The van der Waals surface area contributed by atoms with Crippen LogP contribution in [0.3, 0.4) is 0 Å². The summed E-state index contributed by atoms with van der Waals surface area (Å²) >= 11 is 0. The maximum Gasteiger partial charge on any atom is 0.216 e. The molecule has 0 aliphatic carbocycles. The van der Waals surface area contributed by atoms with Gasteiger partial charge >= 0.3 is 0 Å². The first kappa shape index (κ1) is 11.5. The number of carbonyl (C=O) groups excluding carboxylic acids is 1. The van der Waals surface area contributed by atoms with Crippen molar-refractivity contribution in [1.29, 1.82) is 0 Å². The number of nitrogens with zero attached hydrogens (tertiary/aromatic N) is 1. The molecule has 1 aromatic heterocycles. The van der Waals surface area contributed by atoms with Crippen molar-refractivity contribution in [1.82, 2.24) is 9.88 Å². The van der Waals surface area contributed by atoms with Crippen molar-refractivity contribution in [3.05, 3.63) is 30.5 Å². The summed E-state index contributed by atoms with van der Waals surface area (Å²) in [5, 5.41) is 3.96. The van der Waals surface area contributed by atoms with Crippen molar-refractivity contribution in [2.75, 3.05) is 13.7 Å². The smallest absolute Gasteiger partial charge is 0.216 e.